The molecule has 0 N–H and O–H groups in total. The van der Waals surface area contributed by atoms with Crippen LogP contribution in [0, 0.1) is 0 Å². The zero-order valence-electron chi connectivity index (χ0n) is 16.4. The summed E-state index contributed by atoms with van der Waals surface area (Å²) in [5, 5.41) is 1.55. The van der Waals surface area contributed by atoms with Crippen LogP contribution in [0.5, 0.6) is 0 Å². The third-order valence-electron chi connectivity index (χ3n) is 6.13. The molecule has 0 aliphatic carbocycles. The topological polar surface area (TPSA) is 3.24 Å². The van der Waals surface area contributed by atoms with Gasteiger partial charge in [-0.05, 0) is 0 Å². The number of hydrogen-bond donors (Lipinski definition) is 0. The Kier molecular flexibility index (Phi) is 6.01. The van der Waals surface area contributed by atoms with Gasteiger partial charge in [0.05, 0.1) is 0 Å². The van der Waals surface area contributed by atoms with Gasteiger partial charge in [0.15, 0.2) is 0 Å². The van der Waals surface area contributed by atoms with E-state index in [1.165, 1.54) is 54.8 Å². The van der Waals surface area contributed by atoms with Crippen LogP contribution in [-0.4, -0.2) is 30.7 Å². The Morgan fingerprint density at radius 2 is 1.04 bits per heavy atom. The average molecular weight is 454 g/mol. The molecule has 0 radical (unpaired) electrons. The molecule has 1 aliphatic rings. The maximum atomic E-state index is 4.54. The molecule has 0 spiro atoms. The van der Waals surface area contributed by atoms with Crippen molar-refractivity contribution in [3.63, 3.8) is 0 Å². The van der Waals surface area contributed by atoms with E-state index in [0.717, 1.165) is 6.16 Å². The van der Waals surface area contributed by atoms with Crippen molar-refractivity contribution >= 4 is 36.7 Å². The Bertz CT molecular complexity index is 777. The number of halogens is 1. The van der Waals surface area contributed by atoms with Gasteiger partial charge < -0.3 is 0 Å². The number of nitrogens with zero attached hydrogens (tertiary/aromatic N) is 1. The van der Waals surface area contributed by atoms with E-state index in [1.807, 2.05) is 0 Å². The van der Waals surface area contributed by atoms with Crippen LogP contribution >= 0.6 is 20.8 Å². The van der Waals surface area contributed by atoms with E-state index in [1.54, 1.807) is 0 Å². The molecule has 0 aromatic heterocycles. The first-order valence-corrected chi connectivity index (χ1v) is 14.8. The molecule has 1 saturated heterocycles. The third-order valence-corrected chi connectivity index (χ3v) is 16.2. The average Bonchev–Trinajstić information content (AvgIpc) is 3.29. The summed E-state index contributed by atoms with van der Waals surface area (Å²) in [6, 6.07) is 33.4. The van der Waals surface area contributed by atoms with E-state index in [2.05, 4.69) is 111 Å². The molecule has 4 rings (SSSR count). The predicted molar refractivity (Wildman–Crippen MR) is 129 cm³/mol. The molecule has 0 atom stereocenters. The van der Waals surface area contributed by atoms with Crippen LogP contribution in [0.15, 0.2) is 91.0 Å². The Hall–Kier alpha value is -1.47. The zero-order chi connectivity index (χ0) is 19.3. The van der Waals surface area contributed by atoms with Crippen molar-refractivity contribution in [2.75, 3.05) is 25.8 Å². The van der Waals surface area contributed by atoms with Crippen LogP contribution in [0.2, 0.25) is 0 Å². The van der Waals surface area contributed by atoms with Crippen molar-refractivity contribution in [3.05, 3.63) is 91.0 Å². The summed E-state index contributed by atoms with van der Waals surface area (Å²) in [5.74, 6) is 0. The minimum absolute atomic E-state index is 1.14. The Labute approximate surface area is 177 Å². The van der Waals surface area contributed by atoms with Crippen molar-refractivity contribution in [2.24, 2.45) is 0 Å². The summed E-state index contributed by atoms with van der Waals surface area (Å²) in [6.45, 7) is 3.72. The molecule has 1 aliphatic heterocycles. The van der Waals surface area contributed by atoms with Gasteiger partial charge >= 0.3 is 178 Å². The zero-order valence-corrected chi connectivity index (χ0v) is 18.9. The second kappa shape index (κ2) is 8.49. The molecule has 28 heavy (non-hydrogen) atoms. The van der Waals surface area contributed by atoms with Crippen LogP contribution in [-0.2, 0) is 0 Å². The van der Waals surface area contributed by atoms with Crippen LogP contribution < -0.4 is 15.9 Å². The summed E-state index contributed by atoms with van der Waals surface area (Å²) in [6.07, 6.45) is 5.05. The molecular weight excluding hydrogens is 425 g/mol. The molecule has 0 bridgehead atoms. The third kappa shape index (κ3) is 3.59. The second-order valence-corrected chi connectivity index (χ2v) is 16.9. The molecule has 1 nitrogen and oxygen atoms in total. The van der Waals surface area contributed by atoms with E-state index in [4.69, 9.17) is 0 Å². The van der Waals surface area contributed by atoms with E-state index >= 15 is 0 Å². The van der Waals surface area contributed by atoms with Crippen molar-refractivity contribution in [1.29, 1.82) is 0 Å². The number of rotatable bonds is 7. The SMILES string of the molecule is BrP(CCCN1CCCC1)(c1ccccc1)(c1ccccc1)c1ccccc1. The second-order valence-electron chi connectivity index (χ2n) is 7.82. The summed E-state index contributed by atoms with van der Waals surface area (Å²) < 4.78 is 0. The van der Waals surface area contributed by atoms with E-state index in [-0.39, 0.29) is 0 Å². The monoisotopic (exact) mass is 453 g/mol. The summed E-state index contributed by atoms with van der Waals surface area (Å²) in [5.41, 5.74) is 0. The summed E-state index contributed by atoms with van der Waals surface area (Å²) >= 11 is 4.54. The number of likely N-dealkylation sites (tertiary alicyclic amines) is 1. The molecular formula is C25H29BrNP. The van der Waals surface area contributed by atoms with E-state index < -0.39 is 5.31 Å². The van der Waals surface area contributed by atoms with Crippen molar-refractivity contribution in [1.82, 2.24) is 4.90 Å². The number of hydrogen-bond acceptors (Lipinski definition) is 1. The number of benzene rings is 3. The van der Waals surface area contributed by atoms with Gasteiger partial charge in [-0.25, -0.2) is 0 Å². The maximum absolute atomic E-state index is 4.54. The van der Waals surface area contributed by atoms with Crippen LogP contribution in [0.3, 0.4) is 0 Å². The van der Waals surface area contributed by atoms with Crippen molar-refractivity contribution in [2.45, 2.75) is 19.3 Å². The van der Waals surface area contributed by atoms with Gasteiger partial charge in [-0.3, -0.25) is 0 Å². The van der Waals surface area contributed by atoms with Gasteiger partial charge in [0.2, 0.25) is 0 Å². The fourth-order valence-corrected chi connectivity index (χ4v) is 12.3. The van der Waals surface area contributed by atoms with Gasteiger partial charge in [0.25, 0.3) is 0 Å². The van der Waals surface area contributed by atoms with E-state index in [0.29, 0.717) is 0 Å². The Morgan fingerprint density at radius 1 is 0.643 bits per heavy atom. The molecule has 3 heteroatoms. The molecule has 3 aromatic carbocycles. The fraction of sp³-hybridized carbons (Fsp3) is 0.280. The summed E-state index contributed by atoms with van der Waals surface area (Å²) in [4.78, 5) is 2.63. The van der Waals surface area contributed by atoms with Gasteiger partial charge in [-0.2, -0.15) is 0 Å². The van der Waals surface area contributed by atoms with Crippen LogP contribution in [0.25, 0.3) is 0 Å². The predicted octanol–water partition coefficient (Wildman–Crippen LogP) is 5.31. The van der Waals surface area contributed by atoms with Gasteiger partial charge in [0, 0.05) is 0 Å². The molecule has 3 aromatic rings. The molecule has 0 saturated carbocycles. The first kappa shape index (κ1) is 19.8. The van der Waals surface area contributed by atoms with Gasteiger partial charge in [0.1, 0.15) is 0 Å². The van der Waals surface area contributed by atoms with Gasteiger partial charge in [-0.15, -0.1) is 0 Å². The van der Waals surface area contributed by atoms with Crippen LogP contribution in [0.1, 0.15) is 19.3 Å². The first-order chi connectivity index (χ1) is 13.7. The Morgan fingerprint density at radius 3 is 1.43 bits per heavy atom. The molecule has 0 amide bonds. The molecule has 0 unspecified atom stereocenters. The standard InChI is InChI=1S/C25H29BrNP/c26-28(23-13-4-1-5-14-23,24-15-6-2-7-16-24,25-17-8-3-9-18-25)22-12-21-27-19-10-11-20-27/h1-9,13-18H,10-12,19-22H2. The fourth-order valence-electron chi connectivity index (χ4n) is 4.65. The summed E-state index contributed by atoms with van der Waals surface area (Å²) in [7, 11) is 0. The minimum atomic E-state index is -2.72. The normalized spacial score (nSPS) is 16.5. The van der Waals surface area contributed by atoms with Crippen LogP contribution in [0.4, 0.5) is 0 Å². The van der Waals surface area contributed by atoms with Crippen molar-refractivity contribution < 1.29 is 0 Å². The molecule has 1 fully saturated rings. The van der Waals surface area contributed by atoms with Gasteiger partial charge in [-0.1, -0.05) is 0 Å². The quantitative estimate of drug-likeness (QED) is 0.438. The Balaban J connectivity index is 1.84. The van der Waals surface area contributed by atoms with E-state index in [9.17, 15) is 0 Å². The first-order valence-electron chi connectivity index (χ1n) is 10.3. The molecule has 146 valence electrons. The van der Waals surface area contributed by atoms with Crippen molar-refractivity contribution in [3.8, 4) is 0 Å². The molecule has 1 heterocycles.